The van der Waals surface area contributed by atoms with Gasteiger partial charge in [-0.2, -0.15) is 0 Å². The second-order valence-corrected chi connectivity index (χ2v) is 4.67. The fourth-order valence-electron chi connectivity index (χ4n) is 1.68. The van der Waals surface area contributed by atoms with E-state index in [-0.39, 0.29) is 5.92 Å². The second-order valence-electron chi connectivity index (χ2n) is 4.26. The van der Waals surface area contributed by atoms with Crippen molar-refractivity contribution >= 4 is 17.9 Å². The Morgan fingerprint density at radius 3 is 3.00 bits per heavy atom. The number of hydrogen-bond donors (Lipinski definition) is 0. The Balaban J connectivity index is 1.95. The van der Waals surface area contributed by atoms with Gasteiger partial charge in [-0.1, -0.05) is 24.6 Å². The van der Waals surface area contributed by atoms with Crippen LogP contribution in [0.4, 0.5) is 0 Å². The van der Waals surface area contributed by atoms with Crippen LogP contribution in [-0.4, -0.2) is 22.4 Å². The average Bonchev–Trinajstić information content (AvgIpc) is 2.93. The molecule has 1 unspecified atom stereocenters. The number of benzene rings is 1. The Kier molecular flexibility index (Phi) is 4.58. The zero-order valence-electron chi connectivity index (χ0n) is 10.6. The van der Waals surface area contributed by atoms with Crippen LogP contribution < -0.4 is 4.74 Å². The van der Waals surface area contributed by atoms with E-state index in [1.165, 1.54) is 0 Å². The first-order valence-electron chi connectivity index (χ1n) is 6.04. The van der Waals surface area contributed by atoms with Crippen LogP contribution in [0.25, 0.3) is 0 Å². The summed E-state index contributed by atoms with van der Waals surface area (Å²) in [4.78, 5) is 14.7. The third-order valence-electron chi connectivity index (χ3n) is 2.85. The molecule has 0 saturated carbocycles. The quantitative estimate of drug-likeness (QED) is 0.763. The topological polar surface area (TPSA) is 44.1 Å². The molecule has 1 aromatic carbocycles. The number of rotatable bonds is 6. The fourth-order valence-corrected chi connectivity index (χ4v) is 1.92. The summed E-state index contributed by atoms with van der Waals surface area (Å²) in [5.41, 5.74) is 0.891. The predicted octanol–water partition coefficient (Wildman–Crippen LogP) is 2.92. The van der Waals surface area contributed by atoms with Crippen molar-refractivity contribution < 1.29 is 9.53 Å². The molecule has 0 aliphatic rings. The van der Waals surface area contributed by atoms with E-state index >= 15 is 0 Å². The van der Waals surface area contributed by atoms with Gasteiger partial charge in [-0.15, -0.1) is 0 Å². The zero-order chi connectivity index (χ0) is 13.7. The Morgan fingerprint density at radius 2 is 2.37 bits per heavy atom. The fraction of sp³-hybridized carbons (Fsp3) is 0.286. The van der Waals surface area contributed by atoms with Gasteiger partial charge in [0, 0.05) is 18.3 Å². The monoisotopic (exact) mass is 278 g/mol. The Morgan fingerprint density at radius 1 is 1.53 bits per heavy atom. The molecule has 5 heteroatoms. The van der Waals surface area contributed by atoms with Crippen molar-refractivity contribution in [1.82, 2.24) is 9.55 Å². The van der Waals surface area contributed by atoms with Crippen molar-refractivity contribution in [3.8, 4) is 5.75 Å². The average molecular weight is 279 g/mol. The zero-order valence-corrected chi connectivity index (χ0v) is 11.4. The number of nitrogens with zero attached hydrogens (tertiary/aromatic N) is 2. The number of halogens is 1. The molecule has 0 bridgehead atoms. The van der Waals surface area contributed by atoms with E-state index in [4.69, 9.17) is 16.3 Å². The lowest BCUT2D eigenvalue weighted by atomic mass is 10.0. The van der Waals surface area contributed by atoms with Crippen LogP contribution in [0.5, 0.6) is 5.75 Å². The van der Waals surface area contributed by atoms with E-state index in [2.05, 4.69) is 4.98 Å². The minimum atomic E-state index is -0.155. The van der Waals surface area contributed by atoms with E-state index in [1.807, 2.05) is 23.8 Å². The minimum Gasteiger partial charge on any atom is -0.490 e. The van der Waals surface area contributed by atoms with Gasteiger partial charge in [-0.05, 0) is 17.7 Å². The highest BCUT2D eigenvalue weighted by Crippen LogP contribution is 2.28. The van der Waals surface area contributed by atoms with Crippen LogP contribution in [0.15, 0.2) is 36.9 Å². The van der Waals surface area contributed by atoms with Crippen LogP contribution >= 0.6 is 11.6 Å². The highest BCUT2D eigenvalue weighted by molar-refractivity contribution is 6.32. The molecule has 19 heavy (non-hydrogen) atoms. The summed E-state index contributed by atoms with van der Waals surface area (Å²) >= 11 is 6.13. The highest BCUT2D eigenvalue weighted by Gasteiger charge is 2.08. The summed E-state index contributed by atoms with van der Waals surface area (Å²) in [6.45, 7) is 3.06. The molecule has 4 nitrogen and oxygen atoms in total. The van der Waals surface area contributed by atoms with Gasteiger partial charge in [0.15, 0.2) is 0 Å². The summed E-state index contributed by atoms with van der Waals surface area (Å²) in [6, 6.07) is 5.43. The van der Waals surface area contributed by atoms with Crippen molar-refractivity contribution in [2.24, 2.45) is 0 Å². The summed E-state index contributed by atoms with van der Waals surface area (Å²) in [7, 11) is 0. The lowest BCUT2D eigenvalue weighted by Gasteiger charge is -2.11. The smallest absolute Gasteiger partial charge is 0.137 e. The standard InChI is InChI=1S/C14H15ClN2O2/c1-11(9-18)12-2-3-14(13(15)8-12)19-7-6-17-5-4-16-10-17/h2-5,8-11H,6-7H2,1H3. The third kappa shape index (κ3) is 3.58. The lowest BCUT2D eigenvalue weighted by molar-refractivity contribution is -0.108. The van der Waals surface area contributed by atoms with Crippen molar-refractivity contribution in [3.05, 3.63) is 47.5 Å². The maximum atomic E-state index is 10.7. The maximum Gasteiger partial charge on any atom is 0.137 e. The number of aromatic nitrogens is 2. The van der Waals surface area contributed by atoms with E-state index in [1.54, 1.807) is 24.7 Å². The molecule has 0 spiro atoms. The summed E-state index contributed by atoms with van der Waals surface area (Å²) in [5.74, 6) is 0.473. The predicted molar refractivity (Wildman–Crippen MR) is 73.7 cm³/mol. The van der Waals surface area contributed by atoms with Gasteiger partial charge in [0.1, 0.15) is 18.6 Å². The molecule has 0 saturated heterocycles. The first-order chi connectivity index (χ1) is 9.20. The first-order valence-corrected chi connectivity index (χ1v) is 6.42. The van der Waals surface area contributed by atoms with Gasteiger partial charge in [0.2, 0.25) is 0 Å². The highest BCUT2D eigenvalue weighted by atomic mass is 35.5. The van der Waals surface area contributed by atoms with Gasteiger partial charge in [0.05, 0.1) is 17.9 Å². The molecule has 0 N–H and O–H groups in total. The SMILES string of the molecule is CC(C=O)c1ccc(OCCn2ccnc2)c(Cl)c1. The molecule has 1 heterocycles. The molecule has 1 atom stereocenters. The van der Waals surface area contributed by atoms with Crippen LogP contribution in [0.2, 0.25) is 5.02 Å². The molecule has 0 aliphatic heterocycles. The Labute approximate surface area is 117 Å². The second kappa shape index (κ2) is 6.38. The number of carbonyl (C=O) groups excluding carboxylic acids is 1. The Hall–Kier alpha value is -1.81. The number of aldehydes is 1. The summed E-state index contributed by atoms with van der Waals surface area (Å²) < 4.78 is 7.54. The van der Waals surface area contributed by atoms with E-state index in [0.29, 0.717) is 23.9 Å². The van der Waals surface area contributed by atoms with Crippen molar-refractivity contribution in [3.63, 3.8) is 0 Å². The Bertz CT molecular complexity index is 540. The van der Waals surface area contributed by atoms with Gasteiger partial charge in [-0.3, -0.25) is 0 Å². The van der Waals surface area contributed by atoms with Crippen LogP contribution in [0, 0.1) is 0 Å². The van der Waals surface area contributed by atoms with E-state index in [9.17, 15) is 4.79 Å². The van der Waals surface area contributed by atoms with E-state index in [0.717, 1.165) is 11.8 Å². The molecule has 100 valence electrons. The van der Waals surface area contributed by atoms with Crippen molar-refractivity contribution in [2.75, 3.05) is 6.61 Å². The summed E-state index contributed by atoms with van der Waals surface area (Å²) in [6.07, 6.45) is 6.23. The number of ether oxygens (including phenoxy) is 1. The number of carbonyl (C=O) groups is 1. The van der Waals surface area contributed by atoms with Crippen LogP contribution in [0.3, 0.4) is 0 Å². The van der Waals surface area contributed by atoms with Crippen LogP contribution in [-0.2, 0) is 11.3 Å². The van der Waals surface area contributed by atoms with Crippen LogP contribution in [0.1, 0.15) is 18.4 Å². The van der Waals surface area contributed by atoms with Gasteiger partial charge in [0.25, 0.3) is 0 Å². The van der Waals surface area contributed by atoms with Crippen molar-refractivity contribution in [2.45, 2.75) is 19.4 Å². The third-order valence-corrected chi connectivity index (χ3v) is 3.15. The van der Waals surface area contributed by atoms with Gasteiger partial charge >= 0.3 is 0 Å². The molecule has 2 rings (SSSR count). The lowest BCUT2D eigenvalue weighted by Crippen LogP contribution is -2.07. The minimum absolute atomic E-state index is 0.155. The molecule has 0 radical (unpaired) electrons. The summed E-state index contributed by atoms with van der Waals surface area (Å²) in [5, 5.41) is 0.525. The number of imidazole rings is 1. The van der Waals surface area contributed by atoms with Gasteiger partial charge in [-0.25, -0.2) is 4.98 Å². The molecular weight excluding hydrogens is 264 g/mol. The first kappa shape index (κ1) is 13.6. The number of hydrogen-bond acceptors (Lipinski definition) is 3. The molecule has 0 fully saturated rings. The van der Waals surface area contributed by atoms with Gasteiger partial charge < -0.3 is 14.1 Å². The van der Waals surface area contributed by atoms with E-state index < -0.39 is 0 Å². The largest absolute Gasteiger partial charge is 0.490 e. The van der Waals surface area contributed by atoms with Crippen molar-refractivity contribution in [1.29, 1.82) is 0 Å². The molecular formula is C14H15ClN2O2. The molecule has 1 aromatic heterocycles. The maximum absolute atomic E-state index is 10.7. The molecule has 2 aromatic rings. The normalized spacial score (nSPS) is 12.1. The molecule has 0 aliphatic carbocycles. The molecule has 0 amide bonds.